The van der Waals surface area contributed by atoms with Gasteiger partial charge in [-0.15, -0.1) is 0 Å². The third-order valence-corrected chi connectivity index (χ3v) is 4.46. The molecule has 110 valence electrons. The van der Waals surface area contributed by atoms with Gasteiger partial charge in [-0.3, -0.25) is 0 Å². The second kappa shape index (κ2) is 6.63. The third-order valence-electron chi connectivity index (χ3n) is 3.41. The van der Waals surface area contributed by atoms with Crippen molar-refractivity contribution < 1.29 is 5.21 Å². The van der Waals surface area contributed by atoms with E-state index in [1.807, 2.05) is 37.3 Å². The van der Waals surface area contributed by atoms with Crippen LogP contribution in [0.2, 0.25) is 0 Å². The monoisotopic (exact) mass is 347 g/mol. The molecular formula is C16H18BrN3O. The Balaban J connectivity index is 2.15. The molecule has 2 aromatic carbocycles. The Morgan fingerprint density at radius 3 is 2.67 bits per heavy atom. The van der Waals surface area contributed by atoms with Crippen LogP contribution in [0.4, 0.5) is 5.69 Å². The van der Waals surface area contributed by atoms with E-state index in [4.69, 9.17) is 10.9 Å². The number of anilines is 1. The third kappa shape index (κ3) is 3.55. The standard InChI is InChI=1S/C16H18BrN3O/c1-10-4-3-5-14(15(10)17)19-9-13-7-6-12(8-11(13)2)16(18)20-21/h3-8,19,21H,9H2,1-2H3,(H2,18,20). The maximum absolute atomic E-state index is 8.70. The van der Waals surface area contributed by atoms with Crippen molar-refractivity contribution in [2.45, 2.75) is 20.4 Å². The lowest BCUT2D eigenvalue weighted by Gasteiger charge is -2.12. The lowest BCUT2D eigenvalue weighted by Crippen LogP contribution is -2.13. The van der Waals surface area contributed by atoms with Gasteiger partial charge in [-0.2, -0.15) is 0 Å². The number of hydrogen-bond donors (Lipinski definition) is 3. The van der Waals surface area contributed by atoms with Crippen LogP contribution in [0.5, 0.6) is 0 Å². The fourth-order valence-electron chi connectivity index (χ4n) is 2.09. The number of hydrogen-bond acceptors (Lipinski definition) is 3. The molecule has 2 rings (SSSR count). The summed E-state index contributed by atoms with van der Waals surface area (Å²) in [6, 6.07) is 11.9. The van der Waals surface area contributed by atoms with Crippen molar-refractivity contribution in [3.05, 3.63) is 63.1 Å². The summed E-state index contributed by atoms with van der Waals surface area (Å²) in [4.78, 5) is 0. The molecule has 0 saturated carbocycles. The second-order valence-corrected chi connectivity index (χ2v) is 5.71. The first-order valence-corrected chi connectivity index (χ1v) is 7.38. The summed E-state index contributed by atoms with van der Waals surface area (Å²) in [5.74, 6) is 0.124. The minimum Gasteiger partial charge on any atom is -0.409 e. The number of aryl methyl sites for hydroxylation is 2. The Morgan fingerprint density at radius 1 is 1.24 bits per heavy atom. The maximum atomic E-state index is 8.70. The molecule has 0 unspecified atom stereocenters. The molecule has 0 aliphatic carbocycles. The van der Waals surface area contributed by atoms with Crippen LogP contribution in [-0.2, 0) is 6.54 Å². The minimum atomic E-state index is 0.124. The van der Waals surface area contributed by atoms with Crippen LogP contribution in [0.25, 0.3) is 0 Å². The molecule has 21 heavy (non-hydrogen) atoms. The van der Waals surface area contributed by atoms with E-state index < -0.39 is 0 Å². The van der Waals surface area contributed by atoms with Crippen LogP contribution in [0, 0.1) is 13.8 Å². The molecule has 0 radical (unpaired) electrons. The number of nitrogens with zero attached hydrogens (tertiary/aromatic N) is 1. The van der Waals surface area contributed by atoms with Gasteiger partial charge in [0.15, 0.2) is 5.84 Å². The predicted molar refractivity (Wildman–Crippen MR) is 89.9 cm³/mol. The van der Waals surface area contributed by atoms with Crippen LogP contribution < -0.4 is 11.1 Å². The molecule has 0 spiro atoms. The van der Waals surface area contributed by atoms with Gasteiger partial charge < -0.3 is 16.3 Å². The summed E-state index contributed by atoms with van der Waals surface area (Å²) in [7, 11) is 0. The molecular weight excluding hydrogens is 330 g/mol. The van der Waals surface area contributed by atoms with Crippen LogP contribution in [0.15, 0.2) is 46.0 Å². The summed E-state index contributed by atoms with van der Waals surface area (Å²) < 4.78 is 1.08. The number of nitrogens with two attached hydrogens (primary N) is 1. The number of rotatable bonds is 4. The topological polar surface area (TPSA) is 70.6 Å². The molecule has 0 aliphatic heterocycles. The summed E-state index contributed by atoms with van der Waals surface area (Å²) in [5, 5.41) is 15.1. The lowest BCUT2D eigenvalue weighted by atomic mass is 10.0. The van der Waals surface area contributed by atoms with Crippen molar-refractivity contribution in [1.82, 2.24) is 0 Å². The average molecular weight is 348 g/mol. The van der Waals surface area contributed by atoms with E-state index in [0.717, 1.165) is 26.9 Å². The highest BCUT2D eigenvalue weighted by Gasteiger charge is 2.05. The first-order chi connectivity index (χ1) is 10.0. The van der Waals surface area contributed by atoms with Crippen molar-refractivity contribution in [3.8, 4) is 0 Å². The molecule has 0 bridgehead atoms. The maximum Gasteiger partial charge on any atom is 0.170 e. The van der Waals surface area contributed by atoms with Gasteiger partial charge in [0.2, 0.25) is 0 Å². The highest BCUT2D eigenvalue weighted by atomic mass is 79.9. The van der Waals surface area contributed by atoms with E-state index >= 15 is 0 Å². The number of benzene rings is 2. The Labute approximate surface area is 132 Å². The smallest absolute Gasteiger partial charge is 0.170 e. The quantitative estimate of drug-likeness (QED) is 0.341. The van der Waals surface area contributed by atoms with Gasteiger partial charge in [-0.05, 0) is 58.6 Å². The van der Waals surface area contributed by atoms with Gasteiger partial charge in [0.25, 0.3) is 0 Å². The fraction of sp³-hybridized carbons (Fsp3) is 0.188. The summed E-state index contributed by atoms with van der Waals surface area (Å²) in [6.45, 7) is 4.78. The van der Waals surface area contributed by atoms with Gasteiger partial charge in [0, 0.05) is 22.3 Å². The molecule has 0 saturated heterocycles. The number of nitrogens with one attached hydrogen (secondary N) is 1. The van der Waals surface area contributed by atoms with Crippen LogP contribution in [0.1, 0.15) is 22.3 Å². The van der Waals surface area contributed by atoms with Crippen LogP contribution >= 0.6 is 15.9 Å². The van der Waals surface area contributed by atoms with Crippen molar-refractivity contribution >= 4 is 27.5 Å². The molecule has 0 fully saturated rings. The second-order valence-electron chi connectivity index (χ2n) is 4.92. The summed E-state index contributed by atoms with van der Waals surface area (Å²) in [6.07, 6.45) is 0. The predicted octanol–water partition coefficient (Wildman–Crippen LogP) is 3.77. The molecule has 0 aliphatic rings. The zero-order valence-corrected chi connectivity index (χ0v) is 13.6. The van der Waals surface area contributed by atoms with Gasteiger partial charge in [-0.1, -0.05) is 29.4 Å². The molecule has 5 heteroatoms. The molecule has 0 heterocycles. The van der Waals surface area contributed by atoms with Crippen molar-refractivity contribution in [1.29, 1.82) is 0 Å². The van der Waals surface area contributed by atoms with E-state index in [2.05, 4.69) is 39.4 Å². The zero-order valence-electron chi connectivity index (χ0n) is 12.0. The molecule has 0 atom stereocenters. The molecule has 0 aromatic heterocycles. The van der Waals surface area contributed by atoms with E-state index in [1.165, 1.54) is 5.56 Å². The Morgan fingerprint density at radius 2 is 2.00 bits per heavy atom. The summed E-state index contributed by atoms with van der Waals surface area (Å²) in [5.41, 5.74) is 10.8. The van der Waals surface area contributed by atoms with Crippen molar-refractivity contribution in [3.63, 3.8) is 0 Å². The number of halogens is 1. The Kier molecular flexibility index (Phi) is 4.85. The largest absolute Gasteiger partial charge is 0.409 e. The van der Waals surface area contributed by atoms with E-state index in [-0.39, 0.29) is 5.84 Å². The van der Waals surface area contributed by atoms with Crippen LogP contribution in [0.3, 0.4) is 0 Å². The fourth-order valence-corrected chi connectivity index (χ4v) is 2.49. The van der Waals surface area contributed by atoms with Gasteiger partial charge >= 0.3 is 0 Å². The van der Waals surface area contributed by atoms with Crippen molar-refractivity contribution in [2.75, 3.05) is 5.32 Å². The van der Waals surface area contributed by atoms with Gasteiger partial charge in [0.1, 0.15) is 0 Å². The first-order valence-electron chi connectivity index (χ1n) is 6.59. The summed E-state index contributed by atoms with van der Waals surface area (Å²) >= 11 is 3.59. The molecule has 0 amide bonds. The molecule has 4 nitrogen and oxygen atoms in total. The number of oxime groups is 1. The van der Waals surface area contributed by atoms with E-state index in [9.17, 15) is 0 Å². The van der Waals surface area contributed by atoms with E-state index in [1.54, 1.807) is 0 Å². The number of amidine groups is 1. The molecule has 2 aromatic rings. The van der Waals surface area contributed by atoms with Crippen LogP contribution in [-0.4, -0.2) is 11.0 Å². The highest BCUT2D eigenvalue weighted by Crippen LogP contribution is 2.26. The Bertz CT molecular complexity index is 683. The average Bonchev–Trinajstić information content (AvgIpc) is 2.49. The van der Waals surface area contributed by atoms with Crippen molar-refractivity contribution in [2.24, 2.45) is 10.9 Å². The van der Waals surface area contributed by atoms with Gasteiger partial charge in [0.05, 0.1) is 0 Å². The van der Waals surface area contributed by atoms with E-state index in [0.29, 0.717) is 6.54 Å². The first kappa shape index (κ1) is 15.4. The lowest BCUT2D eigenvalue weighted by molar-refractivity contribution is 0.318. The normalized spacial score (nSPS) is 11.5. The SMILES string of the molecule is Cc1cc(/C(N)=N/O)ccc1CNc1cccc(C)c1Br. The zero-order chi connectivity index (χ0) is 15.4. The Hall–Kier alpha value is -2.01. The minimum absolute atomic E-state index is 0.124. The van der Waals surface area contributed by atoms with Gasteiger partial charge in [-0.25, -0.2) is 0 Å². The highest BCUT2D eigenvalue weighted by molar-refractivity contribution is 9.10. The molecule has 4 N–H and O–H groups in total.